The molecule has 1 heterocycles. The lowest BCUT2D eigenvalue weighted by atomic mass is 9.85. The van der Waals surface area contributed by atoms with Crippen molar-refractivity contribution in [3.8, 4) is 0 Å². The highest BCUT2D eigenvalue weighted by molar-refractivity contribution is 5.23. The number of rotatable bonds is 4. The van der Waals surface area contributed by atoms with Gasteiger partial charge in [-0.3, -0.25) is 0 Å². The van der Waals surface area contributed by atoms with Crippen LogP contribution in [0.1, 0.15) is 39.2 Å². The molecule has 1 saturated heterocycles. The van der Waals surface area contributed by atoms with E-state index in [0.29, 0.717) is 0 Å². The van der Waals surface area contributed by atoms with Crippen LogP contribution in [0.5, 0.6) is 0 Å². The van der Waals surface area contributed by atoms with Crippen LogP contribution in [0, 0.1) is 11.8 Å². The van der Waals surface area contributed by atoms with Crippen LogP contribution >= 0.6 is 0 Å². The highest BCUT2D eigenvalue weighted by Crippen LogP contribution is 2.26. The third kappa shape index (κ3) is 3.80. The smallest absolute Gasteiger partial charge is 0.0509 e. The molecule has 0 aliphatic carbocycles. The first kappa shape index (κ1) is 14.5. The Morgan fingerprint density at radius 3 is 2.32 bits per heavy atom. The number of nitrogens with two attached hydrogens (primary N) is 1. The average molecular weight is 260 g/mol. The van der Waals surface area contributed by atoms with E-state index in [4.69, 9.17) is 5.73 Å². The van der Waals surface area contributed by atoms with E-state index in [9.17, 15) is 0 Å². The predicted molar refractivity (Wildman–Crippen MR) is 82.0 cm³/mol. The van der Waals surface area contributed by atoms with E-state index in [1.807, 2.05) is 6.07 Å². The van der Waals surface area contributed by atoms with Crippen molar-refractivity contribution in [2.45, 2.75) is 39.2 Å². The molecular weight excluding hydrogens is 232 g/mol. The maximum atomic E-state index is 6.52. The molecule has 1 aromatic rings. The summed E-state index contributed by atoms with van der Waals surface area (Å²) < 4.78 is 0. The van der Waals surface area contributed by atoms with Gasteiger partial charge in [-0.1, -0.05) is 44.2 Å². The molecule has 0 saturated carbocycles. The van der Waals surface area contributed by atoms with Crippen LogP contribution < -0.4 is 5.73 Å². The Hall–Kier alpha value is -0.860. The van der Waals surface area contributed by atoms with E-state index in [1.165, 1.54) is 31.5 Å². The predicted octanol–water partition coefficient (Wildman–Crippen LogP) is 3.23. The monoisotopic (exact) mass is 260 g/mol. The fourth-order valence-electron chi connectivity index (χ4n) is 3.15. The number of likely N-dealkylation sites (tertiary alicyclic amines) is 1. The molecule has 0 bridgehead atoms. The Kier molecular flexibility index (Phi) is 4.64. The first-order valence-corrected chi connectivity index (χ1v) is 7.56. The zero-order valence-electron chi connectivity index (χ0n) is 12.6. The second kappa shape index (κ2) is 6.06. The molecule has 2 N–H and O–H groups in total. The maximum Gasteiger partial charge on any atom is 0.0509 e. The third-order valence-electron chi connectivity index (χ3n) is 4.56. The van der Waals surface area contributed by atoms with Crippen LogP contribution in [-0.2, 0) is 5.54 Å². The first-order chi connectivity index (χ1) is 8.99. The van der Waals surface area contributed by atoms with E-state index in [2.05, 4.69) is 49.9 Å². The van der Waals surface area contributed by atoms with Gasteiger partial charge in [0.15, 0.2) is 0 Å². The van der Waals surface area contributed by atoms with Crippen LogP contribution in [0.4, 0.5) is 0 Å². The fourth-order valence-corrected chi connectivity index (χ4v) is 3.15. The molecular formula is C17H28N2. The minimum atomic E-state index is -0.244. The van der Waals surface area contributed by atoms with Gasteiger partial charge in [-0.25, -0.2) is 0 Å². The quantitative estimate of drug-likeness (QED) is 0.900. The number of hydrogen-bond donors (Lipinski definition) is 1. The first-order valence-electron chi connectivity index (χ1n) is 7.56. The molecule has 0 radical (unpaired) electrons. The molecule has 2 rings (SSSR count). The maximum absolute atomic E-state index is 6.52. The number of piperidine rings is 1. The molecule has 1 fully saturated rings. The van der Waals surface area contributed by atoms with Gasteiger partial charge in [-0.2, -0.15) is 0 Å². The minimum Gasteiger partial charge on any atom is -0.321 e. The van der Waals surface area contributed by atoms with Gasteiger partial charge in [0, 0.05) is 6.54 Å². The molecule has 0 aromatic heterocycles. The third-order valence-corrected chi connectivity index (χ3v) is 4.56. The van der Waals surface area contributed by atoms with Crippen molar-refractivity contribution in [2.24, 2.45) is 17.6 Å². The van der Waals surface area contributed by atoms with Crippen molar-refractivity contribution in [3.63, 3.8) is 0 Å². The van der Waals surface area contributed by atoms with Crippen molar-refractivity contribution < 1.29 is 0 Å². The number of benzene rings is 1. The summed E-state index contributed by atoms with van der Waals surface area (Å²) in [5, 5.41) is 0. The van der Waals surface area contributed by atoms with E-state index in [-0.39, 0.29) is 5.54 Å². The van der Waals surface area contributed by atoms with Gasteiger partial charge in [0.05, 0.1) is 5.54 Å². The van der Waals surface area contributed by atoms with E-state index in [0.717, 1.165) is 18.4 Å². The molecule has 1 aromatic carbocycles. The van der Waals surface area contributed by atoms with Crippen molar-refractivity contribution in [1.82, 2.24) is 4.90 Å². The van der Waals surface area contributed by atoms with Crippen LogP contribution in [-0.4, -0.2) is 24.5 Å². The van der Waals surface area contributed by atoms with Crippen molar-refractivity contribution in [2.75, 3.05) is 19.6 Å². The van der Waals surface area contributed by atoms with Crippen molar-refractivity contribution >= 4 is 0 Å². The summed E-state index contributed by atoms with van der Waals surface area (Å²) in [6.07, 6.45) is 2.64. The lowest BCUT2D eigenvalue weighted by Crippen LogP contribution is -2.48. The zero-order chi connectivity index (χ0) is 13.9. The van der Waals surface area contributed by atoms with Crippen molar-refractivity contribution in [1.29, 1.82) is 0 Å². The van der Waals surface area contributed by atoms with Crippen LogP contribution in [0.2, 0.25) is 0 Å². The summed E-state index contributed by atoms with van der Waals surface area (Å²) in [5.74, 6) is 1.72. The van der Waals surface area contributed by atoms with Gasteiger partial charge < -0.3 is 10.6 Å². The Bertz CT molecular complexity index is 376. The molecule has 106 valence electrons. The summed E-state index contributed by atoms with van der Waals surface area (Å²) in [6, 6.07) is 10.5. The Morgan fingerprint density at radius 1 is 1.21 bits per heavy atom. The van der Waals surface area contributed by atoms with Gasteiger partial charge in [0.25, 0.3) is 0 Å². The molecule has 0 amide bonds. The van der Waals surface area contributed by atoms with Gasteiger partial charge in [-0.05, 0) is 50.3 Å². The normalized spacial score (nSPS) is 21.5. The summed E-state index contributed by atoms with van der Waals surface area (Å²) in [6.45, 7) is 10.2. The summed E-state index contributed by atoms with van der Waals surface area (Å²) in [5.41, 5.74) is 7.51. The summed E-state index contributed by atoms with van der Waals surface area (Å²) in [4.78, 5) is 2.53. The van der Waals surface area contributed by atoms with E-state index >= 15 is 0 Å². The molecule has 2 nitrogen and oxygen atoms in total. The van der Waals surface area contributed by atoms with Gasteiger partial charge >= 0.3 is 0 Å². The number of nitrogens with zero attached hydrogens (tertiary/aromatic N) is 1. The lowest BCUT2D eigenvalue weighted by molar-refractivity contribution is 0.133. The molecule has 0 spiro atoms. The van der Waals surface area contributed by atoms with Crippen LogP contribution in [0.3, 0.4) is 0 Å². The molecule has 2 heteroatoms. The largest absolute Gasteiger partial charge is 0.321 e. The van der Waals surface area contributed by atoms with E-state index in [1.54, 1.807) is 0 Å². The summed E-state index contributed by atoms with van der Waals surface area (Å²) >= 11 is 0. The molecule has 1 unspecified atom stereocenters. The standard InChI is InChI=1S/C17H28N2/c1-14(2)15-9-11-19(12-10-15)13-17(3,18)16-7-5-4-6-8-16/h4-8,14-15H,9-13,18H2,1-3H3. The molecule has 1 atom stereocenters. The van der Waals surface area contributed by atoms with Gasteiger partial charge in [0.2, 0.25) is 0 Å². The highest BCUT2D eigenvalue weighted by atomic mass is 15.1. The molecule has 1 aliphatic rings. The average Bonchev–Trinajstić information content (AvgIpc) is 2.40. The Balaban J connectivity index is 1.92. The van der Waals surface area contributed by atoms with Crippen LogP contribution in [0.15, 0.2) is 30.3 Å². The minimum absolute atomic E-state index is 0.244. The number of hydrogen-bond acceptors (Lipinski definition) is 2. The topological polar surface area (TPSA) is 29.3 Å². The SMILES string of the molecule is CC(C)C1CCN(CC(C)(N)c2ccccc2)CC1. The van der Waals surface area contributed by atoms with Crippen molar-refractivity contribution in [3.05, 3.63) is 35.9 Å². The Morgan fingerprint density at radius 2 is 1.79 bits per heavy atom. The molecule has 19 heavy (non-hydrogen) atoms. The Labute approximate surface area is 118 Å². The second-order valence-corrected chi connectivity index (χ2v) is 6.64. The second-order valence-electron chi connectivity index (χ2n) is 6.64. The van der Waals surface area contributed by atoms with Crippen LogP contribution in [0.25, 0.3) is 0 Å². The van der Waals surface area contributed by atoms with E-state index < -0.39 is 0 Å². The van der Waals surface area contributed by atoms with Gasteiger partial charge in [0.1, 0.15) is 0 Å². The lowest BCUT2D eigenvalue weighted by Gasteiger charge is -2.38. The van der Waals surface area contributed by atoms with Gasteiger partial charge in [-0.15, -0.1) is 0 Å². The summed E-state index contributed by atoms with van der Waals surface area (Å²) in [7, 11) is 0. The fraction of sp³-hybridized carbons (Fsp3) is 0.647. The molecule has 1 aliphatic heterocycles. The zero-order valence-corrected chi connectivity index (χ0v) is 12.6. The highest BCUT2D eigenvalue weighted by Gasteiger charge is 2.28.